The Balaban J connectivity index is 2.34. The zero-order valence-electron chi connectivity index (χ0n) is 10.7. The predicted octanol–water partition coefficient (Wildman–Crippen LogP) is 2.09. The van der Waals surface area contributed by atoms with Crippen LogP contribution in [0.4, 0.5) is 0 Å². The van der Waals surface area contributed by atoms with E-state index in [1.807, 2.05) is 0 Å². The second-order valence-electron chi connectivity index (χ2n) is 4.55. The molecule has 0 aliphatic carbocycles. The fourth-order valence-electron chi connectivity index (χ4n) is 1.94. The van der Waals surface area contributed by atoms with Gasteiger partial charge < -0.3 is 10.1 Å². The van der Waals surface area contributed by atoms with Crippen molar-refractivity contribution in [3.8, 4) is 0 Å². The molecule has 0 aromatic heterocycles. The Hall–Kier alpha value is -0.820. The van der Waals surface area contributed by atoms with E-state index < -0.39 is 9.05 Å². The molecular formula is C12H13Cl2NO4S. The van der Waals surface area contributed by atoms with Crippen molar-refractivity contribution < 1.29 is 17.9 Å². The minimum absolute atomic E-state index is 0.0723. The van der Waals surface area contributed by atoms with Crippen molar-refractivity contribution >= 4 is 37.2 Å². The third-order valence-corrected chi connectivity index (χ3v) is 4.83. The number of halogens is 2. The summed E-state index contributed by atoms with van der Waals surface area (Å²) in [4.78, 5) is 12.0. The number of carbonyl (C=O) groups excluding carboxylic acids is 1. The molecular weight excluding hydrogens is 325 g/mol. The molecule has 1 aliphatic heterocycles. The average molecular weight is 338 g/mol. The SMILES string of the molecule is Cc1c(Cl)cc(S(=O)(=O)Cl)cc1C(=O)NC1CCOC1. The molecule has 1 atom stereocenters. The number of carbonyl (C=O) groups is 1. The van der Waals surface area contributed by atoms with Gasteiger partial charge >= 0.3 is 0 Å². The highest BCUT2D eigenvalue weighted by atomic mass is 35.7. The van der Waals surface area contributed by atoms with Gasteiger partial charge in [0.05, 0.1) is 17.5 Å². The van der Waals surface area contributed by atoms with Crippen molar-refractivity contribution in [3.05, 3.63) is 28.3 Å². The smallest absolute Gasteiger partial charge is 0.261 e. The molecule has 1 aliphatic rings. The maximum Gasteiger partial charge on any atom is 0.261 e. The van der Waals surface area contributed by atoms with Crippen LogP contribution in [0.1, 0.15) is 22.3 Å². The summed E-state index contributed by atoms with van der Waals surface area (Å²) < 4.78 is 27.9. The Morgan fingerprint density at radius 2 is 2.15 bits per heavy atom. The van der Waals surface area contributed by atoms with Gasteiger partial charge in [-0.15, -0.1) is 0 Å². The first kappa shape index (κ1) is 15.6. The molecule has 0 saturated carbocycles. The van der Waals surface area contributed by atoms with Crippen molar-refractivity contribution in [3.63, 3.8) is 0 Å². The van der Waals surface area contributed by atoms with Crippen molar-refractivity contribution in [1.29, 1.82) is 0 Å². The Kier molecular flexibility index (Phi) is 4.59. The van der Waals surface area contributed by atoms with E-state index in [-0.39, 0.29) is 27.4 Å². The Morgan fingerprint density at radius 3 is 2.70 bits per heavy atom. The Labute approximate surface area is 126 Å². The second kappa shape index (κ2) is 5.89. The Bertz CT molecular complexity index is 639. The van der Waals surface area contributed by atoms with E-state index in [4.69, 9.17) is 27.0 Å². The van der Waals surface area contributed by atoms with Gasteiger partial charge in [-0.3, -0.25) is 4.79 Å². The topological polar surface area (TPSA) is 72.5 Å². The summed E-state index contributed by atoms with van der Waals surface area (Å²) in [7, 11) is 1.35. The molecule has 0 spiro atoms. The summed E-state index contributed by atoms with van der Waals surface area (Å²) >= 11 is 5.96. The lowest BCUT2D eigenvalue weighted by molar-refractivity contribution is 0.0929. The molecule has 1 N–H and O–H groups in total. The molecule has 1 fully saturated rings. The van der Waals surface area contributed by atoms with Gasteiger partial charge in [-0.1, -0.05) is 11.6 Å². The molecule has 2 rings (SSSR count). The lowest BCUT2D eigenvalue weighted by Gasteiger charge is -2.13. The van der Waals surface area contributed by atoms with Crippen LogP contribution in [0.25, 0.3) is 0 Å². The van der Waals surface area contributed by atoms with Crippen molar-refractivity contribution in [2.45, 2.75) is 24.3 Å². The molecule has 0 bridgehead atoms. The van der Waals surface area contributed by atoms with Crippen LogP contribution < -0.4 is 5.32 Å². The van der Waals surface area contributed by atoms with Crippen LogP contribution in [0.3, 0.4) is 0 Å². The highest BCUT2D eigenvalue weighted by Gasteiger charge is 2.22. The highest BCUT2D eigenvalue weighted by molar-refractivity contribution is 8.13. The summed E-state index contributed by atoms with van der Waals surface area (Å²) in [5, 5.41) is 2.96. The zero-order chi connectivity index (χ0) is 14.9. The average Bonchev–Trinajstić information content (AvgIpc) is 2.83. The van der Waals surface area contributed by atoms with Crippen LogP contribution in [0.2, 0.25) is 5.02 Å². The van der Waals surface area contributed by atoms with E-state index in [1.165, 1.54) is 12.1 Å². The zero-order valence-corrected chi connectivity index (χ0v) is 13.0. The number of ether oxygens (including phenoxy) is 1. The standard InChI is InChI=1S/C12H13Cl2NO4S/c1-7-10(12(16)15-8-2-3-19-6-8)4-9(5-11(7)13)20(14,17)18/h4-5,8H,2-3,6H2,1H3,(H,15,16). The van der Waals surface area contributed by atoms with Crippen molar-refractivity contribution in [2.75, 3.05) is 13.2 Å². The van der Waals surface area contributed by atoms with E-state index in [0.717, 1.165) is 6.42 Å². The molecule has 0 radical (unpaired) electrons. The minimum Gasteiger partial charge on any atom is -0.379 e. The molecule has 110 valence electrons. The van der Waals surface area contributed by atoms with Crippen molar-refractivity contribution in [2.24, 2.45) is 0 Å². The van der Waals surface area contributed by atoms with Gasteiger partial charge in [0.1, 0.15) is 0 Å². The summed E-state index contributed by atoms with van der Waals surface area (Å²) in [5.41, 5.74) is 0.704. The first-order valence-corrected chi connectivity index (χ1v) is 8.61. The second-order valence-corrected chi connectivity index (χ2v) is 7.52. The van der Waals surface area contributed by atoms with Crippen molar-refractivity contribution in [1.82, 2.24) is 5.32 Å². The molecule has 1 aromatic rings. The van der Waals surface area contributed by atoms with E-state index >= 15 is 0 Å². The molecule has 20 heavy (non-hydrogen) atoms. The van der Waals surface area contributed by atoms with E-state index in [2.05, 4.69) is 5.32 Å². The monoisotopic (exact) mass is 337 g/mol. The maximum absolute atomic E-state index is 12.2. The van der Waals surface area contributed by atoms with Crippen LogP contribution in [-0.4, -0.2) is 33.6 Å². The number of amides is 1. The van der Waals surface area contributed by atoms with Crippen LogP contribution in [-0.2, 0) is 13.8 Å². The lowest BCUT2D eigenvalue weighted by atomic mass is 10.1. The molecule has 1 heterocycles. The highest BCUT2D eigenvalue weighted by Crippen LogP contribution is 2.26. The number of rotatable bonds is 3. The maximum atomic E-state index is 12.2. The van der Waals surface area contributed by atoms with Gasteiger partial charge in [0, 0.05) is 27.9 Å². The quantitative estimate of drug-likeness (QED) is 0.857. The van der Waals surface area contributed by atoms with Gasteiger partial charge in [0.25, 0.3) is 15.0 Å². The predicted molar refractivity (Wildman–Crippen MR) is 75.9 cm³/mol. The largest absolute Gasteiger partial charge is 0.379 e. The molecule has 1 unspecified atom stereocenters. The number of benzene rings is 1. The molecule has 1 saturated heterocycles. The third kappa shape index (κ3) is 3.44. The molecule has 1 aromatic carbocycles. The normalized spacial score (nSPS) is 19.1. The van der Waals surface area contributed by atoms with Crippen LogP contribution in [0.15, 0.2) is 17.0 Å². The van der Waals surface area contributed by atoms with Gasteiger partial charge in [-0.05, 0) is 31.0 Å². The number of hydrogen-bond acceptors (Lipinski definition) is 4. The van der Waals surface area contributed by atoms with Crippen LogP contribution in [0.5, 0.6) is 0 Å². The van der Waals surface area contributed by atoms with Gasteiger partial charge in [0.2, 0.25) is 0 Å². The van der Waals surface area contributed by atoms with Crippen LogP contribution in [0, 0.1) is 6.92 Å². The summed E-state index contributed by atoms with van der Waals surface area (Å²) in [6, 6.07) is 2.39. The summed E-state index contributed by atoms with van der Waals surface area (Å²) in [5.74, 6) is -0.387. The van der Waals surface area contributed by atoms with E-state index in [1.54, 1.807) is 6.92 Å². The van der Waals surface area contributed by atoms with Gasteiger partial charge in [-0.2, -0.15) is 0 Å². The van der Waals surface area contributed by atoms with Gasteiger partial charge in [0.15, 0.2) is 0 Å². The molecule has 8 heteroatoms. The number of hydrogen-bond donors (Lipinski definition) is 1. The third-order valence-electron chi connectivity index (χ3n) is 3.11. The van der Waals surface area contributed by atoms with E-state index in [0.29, 0.717) is 18.8 Å². The van der Waals surface area contributed by atoms with Crippen LogP contribution >= 0.6 is 22.3 Å². The number of nitrogens with one attached hydrogen (secondary N) is 1. The Morgan fingerprint density at radius 1 is 1.45 bits per heavy atom. The first-order chi connectivity index (χ1) is 9.29. The fourth-order valence-corrected chi connectivity index (χ4v) is 3.01. The fraction of sp³-hybridized carbons (Fsp3) is 0.417. The van der Waals surface area contributed by atoms with Gasteiger partial charge in [-0.25, -0.2) is 8.42 Å². The minimum atomic E-state index is -3.94. The van der Waals surface area contributed by atoms with E-state index in [9.17, 15) is 13.2 Å². The lowest BCUT2D eigenvalue weighted by Crippen LogP contribution is -2.35. The molecule has 5 nitrogen and oxygen atoms in total. The summed E-state index contributed by atoms with van der Waals surface area (Å²) in [6.07, 6.45) is 0.728. The first-order valence-electron chi connectivity index (χ1n) is 5.92. The molecule has 1 amide bonds. The summed E-state index contributed by atoms with van der Waals surface area (Å²) in [6.45, 7) is 2.69.